The van der Waals surface area contributed by atoms with Crippen LogP contribution in [0.15, 0.2) is 59.5 Å². The van der Waals surface area contributed by atoms with Gasteiger partial charge in [-0.15, -0.1) is 0 Å². The Bertz CT molecular complexity index is 1030. The molecule has 1 aromatic heterocycles. The number of rotatable bonds is 6. The zero-order chi connectivity index (χ0) is 20.1. The molecule has 1 heterocycles. The van der Waals surface area contributed by atoms with Crippen molar-refractivity contribution in [3.63, 3.8) is 0 Å². The highest BCUT2D eigenvalue weighted by Crippen LogP contribution is 2.20. The summed E-state index contributed by atoms with van der Waals surface area (Å²) in [5.41, 5.74) is 1.11. The highest BCUT2D eigenvalue weighted by atomic mass is 35.5. The Kier molecular flexibility index (Phi) is 6.06. The highest BCUT2D eigenvalue weighted by molar-refractivity contribution is 6.30. The van der Waals surface area contributed by atoms with Crippen LogP contribution < -0.4 is 15.7 Å². The Balaban J connectivity index is 1.84. The van der Waals surface area contributed by atoms with Gasteiger partial charge in [-0.3, -0.25) is 4.79 Å². The minimum atomic E-state index is -0.787. The van der Waals surface area contributed by atoms with Gasteiger partial charge in [-0.05, 0) is 30.7 Å². The van der Waals surface area contributed by atoms with E-state index in [9.17, 15) is 9.59 Å². The number of aromatic nitrogens is 3. The maximum absolute atomic E-state index is 12.7. The van der Waals surface area contributed by atoms with Gasteiger partial charge in [0.05, 0.1) is 19.0 Å². The first-order chi connectivity index (χ1) is 13.5. The van der Waals surface area contributed by atoms with E-state index in [2.05, 4.69) is 15.4 Å². The summed E-state index contributed by atoms with van der Waals surface area (Å²) < 4.78 is 6.24. The fraction of sp³-hybridized carbons (Fsp3) is 0.200. The first-order valence-electron chi connectivity index (χ1n) is 8.68. The number of carbonyl (C=O) groups excluding carboxylic acids is 1. The van der Waals surface area contributed by atoms with E-state index in [0.717, 1.165) is 10.2 Å². The number of anilines is 1. The van der Waals surface area contributed by atoms with Crippen LogP contribution in [-0.4, -0.2) is 27.8 Å². The lowest BCUT2D eigenvalue weighted by atomic mass is 10.2. The fourth-order valence-electron chi connectivity index (χ4n) is 2.72. The van der Waals surface area contributed by atoms with Crippen LogP contribution in [0.5, 0.6) is 5.75 Å². The molecular formula is C20H19ClN4O3. The second kappa shape index (κ2) is 8.67. The molecule has 1 atom stereocenters. The average molecular weight is 399 g/mol. The molecule has 0 unspecified atom stereocenters. The summed E-state index contributed by atoms with van der Waals surface area (Å²) in [5.74, 6) is 0.265. The van der Waals surface area contributed by atoms with E-state index in [1.54, 1.807) is 62.6 Å². The summed E-state index contributed by atoms with van der Waals surface area (Å²) in [6, 6.07) is 13.1. The summed E-state index contributed by atoms with van der Waals surface area (Å²) in [4.78, 5) is 29.3. The van der Waals surface area contributed by atoms with Crippen molar-refractivity contribution in [1.82, 2.24) is 14.8 Å². The van der Waals surface area contributed by atoms with Gasteiger partial charge in [-0.25, -0.2) is 9.48 Å². The van der Waals surface area contributed by atoms with Gasteiger partial charge in [-0.1, -0.05) is 36.7 Å². The van der Waals surface area contributed by atoms with Crippen LogP contribution in [0.25, 0.3) is 11.3 Å². The zero-order valence-corrected chi connectivity index (χ0v) is 16.2. The number of carbonyl (C=O) groups is 1. The number of nitrogens with zero attached hydrogens (tertiary/aromatic N) is 3. The van der Waals surface area contributed by atoms with Gasteiger partial charge in [-0.2, -0.15) is 10.1 Å². The number of halogens is 1. The maximum Gasteiger partial charge on any atom is 0.365 e. The van der Waals surface area contributed by atoms with Crippen LogP contribution in [0.2, 0.25) is 5.02 Å². The third-order valence-corrected chi connectivity index (χ3v) is 4.43. The van der Waals surface area contributed by atoms with Crippen LogP contribution >= 0.6 is 11.6 Å². The number of nitrogens with one attached hydrogen (secondary N) is 1. The summed E-state index contributed by atoms with van der Waals surface area (Å²) in [6.07, 6.45) is 1.84. The van der Waals surface area contributed by atoms with Gasteiger partial charge in [0.1, 0.15) is 11.8 Å². The van der Waals surface area contributed by atoms with E-state index >= 15 is 0 Å². The topological polar surface area (TPSA) is 86.1 Å². The highest BCUT2D eigenvalue weighted by Gasteiger charge is 2.22. The van der Waals surface area contributed by atoms with Gasteiger partial charge < -0.3 is 10.1 Å². The van der Waals surface area contributed by atoms with Crippen molar-refractivity contribution in [2.75, 3.05) is 12.4 Å². The third-order valence-electron chi connectivity index (χ3n) is 4.18. The maximum atomic E-state index is 12.7. The van der Waals surface area contributed by atoms with Crippen molar-refractivity contribution in [3.8, 4) is 17.0 Å². The number of hydrogen-bond donors (Lipinski definition) is 1. The standard InChI is InChI=1S/C20H19ClN4O3/c1-3-18(19(26)23-15-5-4-6-16(11-15)28-2)25-20(27)24-17(12-22-25)13-7-9-14(21)10-8-13/h4-12,18H,3H2,1-2H3,(H,23,26)/t18-/m1/s1. The first kappa shape index (κ1) is 19.6. The van der Waals surface area contributed by atoms with Crippen LogP contribution in [0, 0.1) is 0 Å². The summed E-state index contributed by atoms with van der Waals surface area (Å²) in [6.45, 7) is 1.80. The quantitative estimate of drug-likeness (QED) is 0.686. The van der Waals surface area contributed by atoms with E-state index in [1.807, 2.05) is 0 Å². The zero-order valence-electron chi connectivity index (χ0n) is 15.4. The lowest BCUT2D eigenvalue weighted by Gasteiger charge is -2.16. The molecule has 3 rings (SSSR count). The SMILES string of the molecule is CC[C@H](C(=O)Nc1cccc(OC)c1)n1ncc(-c2ccc(Cl)cc2)nc1=O. The van der Waals surface area contributed by atoms with E-state index in [-0.39, 0.29) is 5.91 Å². The molecule has 7 nitrogen and oxygen atoms in total. The smallest absolute Gasteiger partial charge is 0.365 e. The molecule has 0 aliphatic carbocycles. The number of hydrogen-bond acceptors (Lipinski definition) is 5. The normalized spacial score (nSPS) is 11.7. The first-order valence-corrected chi connectivity index (χ1v) is 9.06. The van der Waals surface area contributed by atoms with E-state index in [4.69, 9.17) is 16.3 Å². The van der Waals surface area contributed by atoms with Gasteiger partial charge >= 0.3 is 5.69 Å². The van der Waals surface area contributed by atoms with E-state index in [1.165, 1.54) is 6.20 Å². The Morgan fingerprint density at radius 1 is 1.25 bits per heavy atom. The summed E-state index contributed by atoms with van der Waals surface area (Å²) in [5, 5.41) is 7.54. The molecule has 28 heavy (non-hydrogen) atoms. The Labute approximate surface area is 166 Å². The number of amides is 1. The second-order valence-corrected chi connectivity index (χ2v) is 6.46. The number of benzene rings is 2. The van der Waals surface area contributed by atoms with Gasteiger partial charge in [0, 0.05) is 22.3 Å². The second-order valence-electron chi connectivity index (χ2n) is 6.02. The summed E-state index contributed by atoms with van der Waals surface area (Å²) in [7, 11) is 1.55. The molecule has 3 aromatic rings. The lowest BCUT2D eigenvalue weighted by molar-refractivity contribution is -0.119. The monoisotopic (exact) mass is 398 g/mol. The van der Waals surface area contributed by atoms with Crippen LogP contribution in [0.4, 0.5) is 5.69 Å². The molecule has 2 aromatic carbocycles. The fourth-order valence-corrected chi connectivity index (χ4v) is 2.84. The molecule has 0 saturated carbocycles. The van der Waals surface area contributed by atoms with Crippen molar-refractivity contribution < 1.29 is 9.53 Å². The molecule has 0 aliphatic rings. The van der Waals surface area contributed by atoms with Crippen LogP contribution in [0.1, 0.15) is 19.4 Å². The average Bonchev–Trinajstić information content (AvgIpc) is 2.70. The molecule has 144 valence electrons. The number of ether oxygens (including phenoxy) is 1. The molecule has 0 radical (unpaired) electrons. The Morgan fingerprint density at radius 2 is 2.00 bits per heavy atom. The molecule has 1 amide bonds. The largest absolute Gasteiger partial charge is 0.497 e. The van der Waals surface area contributed by atoms with Crippen LogP contribution in [0.3, 0.4) is 0 Å². The van der Waals surface area contributed by atoms with E-state index in [0.29, 0.717) is 28.6 Å². The molecule has 0 bridgehead atoms. The Morgan fingerprint density at radius 3 is 2.64 bits per heavy atom. The van der Waals surface area contributed by atoms with Crippen LogP contribution in [-0.2, 0) is 4.79 Å². The molecule has 0 aliphatic heterocycles. The van der Waals surface area contributed by atoms with Crippen molar-refractivity contribution in [2.24, 2.45) is 0 Å². The minimum absolute atomic E-state index is 0.355. The van der Waals surface area contributed by atoms with Crippen molar-refractivity contribution in [2.45, 2.75) is 19.4 Å². The van der Waals surface area contributed by atoms with Gasteiger partial charge in [0.25, 0.3) is 0 Å². The molecule has 0 saturated heterocycles. The summed E-state index contributed by atoms with van der Waals surface area (Å²) >= 11 is 5.88. The minimum Gasteiger partial charge on any atom is -0.497 e. The number of methoxy groups -OCH3 is 1. The third kappa shape index (κ3) is 4.37. The molecular weight excluding hydrogens is 380 g/mol. The lowest BCUT2D eigenvalue weighted by Crippen LogP contribution is -2.36. The van der Waals surface area contributed by atoms with Gasteiger partial charge in [0.15, 0.2) is 0 Å². The molecule has 0 spiro atoms. The van der Waals surface area contributed by atoms with Crippen molar-refractivity contribution in [1.29, 1.82) is 0 Å². The predicted octanol–water partition coefficient (Wildman–Crippen LogP) is 3.56. The molecule has 0 fully saturated rings. The Hall–Kier alpha value is -3.19. The molecule has 8 heteroatoms. The van der Waals surface area contributed by atoms with Crippen molar-refractivity contribution in [3.05, 3.63) is 70.2 Å². The molecule has 1 N–H and O–H groups in total. The van der Waals surface area contributed by atoms with Crippen molar-refractivity contribution >= 4 is 23.2 Å². The predicted molar refractivity (Wildman–Crippen MR) is 108 cm³/mol. The van der Waals surface area contributed by atoms with Gasteiger partial charge in [0.2, 0.25) is 5.91 Å². The van der Waals surface area contributed by atoms with E-state index < -0.39 is 11.7 Å².